The molecule has 0 spiro atoms. The van der Waals surface area contributed by atoms with Crippen molar-refractivity contribution >= 4 is 38.1 Å². The first-order valence-electron chi connectivity index (χ1n) is 11.0. The monoisotopic (exact) mass is 654 g/mol. The average Bonchev–Trinajstić information content (AvgIpc) is 2.82. The predicted molar refractivity (Wildman–Crippen MR) is 138 cm³/mol. The molecule has 0 saturated carbocycles. The standard InChI is InChI=1S/C25H14FN2.C5H8O2.Ir/c1-15-5-4-8-21-20-9-10-28-25(22(20)13-23(26)24(15)21)17-11-16-6-2-3-7-19(16)18(12-17)14-27;1-4(6)3-5(2)7;/h2-10,12-13H,1H3;3,6H,1-2H3;/q-1;;/b;4-3-;. The molecule has 4 nitrogen and oxygen atoms in total. The van der Waals surface area contributed by atoms with Crippen LogP contribution in [0.25, 0.3) is 43.6 Å². The van der Waals surface area contributed by atoms with Crippen molar-refractivity contribution in [1.29, 1.82) is 5.26 Å². The van der Waals surface area contributed by atoms with Crippen LogP contribution in [0.5, 0.6) is 0 Å². The Morgan fingerprint density at radius 2 is 1.75 bits per heavy atom. The largest absolute Gasteiger partial charge is 0.512 e. The number of halogens is 1. The van der Waals surface area contributed by atoms with E-state index in [4.69, 9.17) is 5.11 Å². The number of carbonyl (C=O) groups excluding carboxylic acids is 1. The minimum atomic E-state index is -0.267. The Kier molecular flexibility index (Phi) is 8.32. The van der Waals surface area contributed by atoms with E-state index in [0.717, 1.165) is 27.1 Å². The van der Waals surface area contributed by atoms with Crippen LogP contribution >= 0.6 is 0 Å². The fourth-order valence-electron chi connectivity index (χ4n) is 4.22. The quantitative estimate of drug-likeness (QED) is 0.0936. The molecule has 0 amide bonds. The normalized spacial score (nSPS) is 10.9. The van der Waals surface area contributed by atoms with Gasteiger partial charge in [-0.05, 0) is 60.2 Å². The fourth-order valence-corrected chi connectivity index (χ4v) is 4.22. The second kappa shape index (κ2) is 11.2. The van der Waals surface area contributed by atoms with Crippen molar-refractivity contribution in [3.05, 3.63) is 102 Å². The molecule has 1 heterocycles. The van der Waals surface area contributed by atoms with E-state index in [0.29, 0.717) is 27.6 Å². The van der Waals surface area contributed by atoms with Crippen LogP contribution in [-0.2, 0) is 24.9 Å². The Morgan fingerprint density at radius 3 is 2.42 bits per heavy atom. The van der Waals surface area contributed by atoms with Crippen molar-refractivity contribution in [3.63, 3.8) is 0 Å². The van der Waals surface area contributed by atoms with Gasteiger partial charge in [-0.3, -0.25) is 9.78 Å². The Morgan fingerprint density at radius 1 is 1.03 bits per heavy atom. The maximum Gasteiger partial charge on any atom is 0.155 e. The number of nitrogens with zero attached hydrogens (tertiary/aromatic N) is 2. The average molecular weight is 654 g/mol. The molecular weight excluding hydrogens is 632 g/mol. The first kappa shape index (κ1) is 26.7. The summed E-state index contributed by atoms with van der Waals surface area (Å²) in [6.07, 6.45) is 2.90. The summed E-state index contributed by atoms with van der Waals surface area (Å²) >= 11 is 0. The fraction of sp³-hybridized carbons (Fsp3) is 0.100. The number of hydrogen-bond acceptors (Lipinski definition) is 4. The third-order valence-electron chi connectivity index (χ3n) is 5.63. The van der Waals surface area contributed by atoms with E-state index in [1.165, 1.54) is 19.9 Å². The van der Waals surface area contributed by atoms with Crippen LogP contribution < -0.4 is 0 Å². The molecule has 5 aromatic rings. The number of aliphatic hydroxyl groups excluding tert-OH is 1. The number of fused-ring (bicyclic) bond motifs is 4. The second-order valence-corrected chi connectivity index (χ2v) is 8.26. The summed E-state index contributed by atoms with van der Waals surface area (Å²) in [7, 11) is 0. The number of benzene rings is 4. The Labute approximate surface area is 222 Å². The first-order chi connectivity index (χ1) is 16.8. The summed E-state index contributed by atoms with van der Waals surface area (Å²) in [5.41, 5.74) is 2.77. The molecule has 1 N–H and O–H groups in total. The molecule has 1 radical (unpaired) electrons. The van der Waals surface area contributed by atoms with Gasteiger partial charge in [0, 0.05) is 43.5 Å². The summed E-state index contributed by atoms with van der Waals surface area (Å²) in [5.74, 6) is -0.330. The summed E-state index contributed by atoms with van der Waals surface area (Å²) in [6.45, 7) is 4.76. The second-order valence-electron chi connectivity index (χ2n) is 8.26. The zero-order valence-electron chi connectivity index (χ0n) is 19.9. The van der Waals surface area contributed by atoms with E-state index < -0.39 is 0 Å². The molecule has 0 unspecified atom stereocenters. The molecule has 0 aliphatic heterocycles. The SMILES string of the molecule is CC(=O)/C=C(/C)O.Cc1cccc2c1c(F)cc1c(-c3[c-]c4ccccc4c(C#N)c3)nccc12.[Ir]. The molecule has 0 atom stereocenters. The van der Waals surface area contributed by atoms with Gasteiger partial charge >= 0.3 is 0 Å². The van der Waals surface area contributed by atoms with Gasteiger partial charge in [-0.2, -0.15) is 5.26 Å². The van der Waals surface area contributed by atoms with E-state index in [1.54, 1.807) is 18.3 Å². The number of aliphatic hydroxyl groups is 1. The third kappa shape index (κ3) is 5.33. The van der Waals surface area contributed by atoms with Crippen LogP contribution in [0.1, 0.15) is 25.0 Å². The van der Waals surface area contributed by atoms with Gasteiger partial charge in [0.1, 0.15) is 5.82 Å². The number of aryl methyl sites for hydroxylation is 1. The van der Waals surface area contributed by atoms with Crippen LogP contribution in [0.3, 0.4) is 0 Å². The molecule has 1 aromatic heterocycles. The molecule has 181 valence electrons. The smallest absolute Gasteiger partial charge is 0.155 e. The summed E-state index contributed by atoms with van der Waals surface area (Å²) in [4.78, 5) is 14.5. The molecule has 5 rings (SSSR count). The minimum Gasteiger partial charge on any atom is -0.512 e. The van der Waals surface area contributed by atoms with Gasteiger partial charge in [0.2, 0.25) is 0 Å². The molecule has 0 saturated heterocycles. The van der Waals surface area contributed by atoms with E-state index in [-0.39, 0.29) is 37.5 Å². The number of nitriles is 1. The Hall–Kier alpha value is -3.91. The molecule has 0 bridgehead atoms. The van der Waals surface area contributed by atoms with Gasteiger partial charge in [0.15, 0.2) is 5.78 Å². The number of carbonyl (C=O) groups is 1. The van der Waals surface area contributed by atoms with E-state index >= 15 is 0 Å². The third-order valence-corrected chi connectivity index (χ3v) is 5.63. The number of aromatic nitrogens is 1. The Balaban J connectivity index is 0.000000400. The first-order valence-corrected chi connectivity index (χ1v) is 11.0. The van der Waals surface area contributed by atoms with Gasteiger partial charge in [-0.1, -0.05) is 47.3 Å². The molecule has 6 heteroatoms. The van der Waals surface area contributed by atoms with E-state index in [1.807, 2.05) is 55.5 Å². The number of hydrogen-bond donors (Lipinski definition) is 1. The van der Waals surface area contributed by atoms with Crippen LogP contribution in [0.4, 0.5) is 4.39 Å². The number of ketones is 1. The van der Waals surface area contributed by atoms with E-state index in [9.17, 15) is 14.4 Å². The zero-order chi connectivity index (χ0) is 25.1. The topological polar surface area (TPSA) is 74.0 Å². The van der Waals surface area contributed by atoms with Crippen molar-refractivity contribution in [2.45, 2.75) is 20.8 Å². The van der Waals surface area contributed by atoms with Gasteiger partial charge in [-0.15, -0.1) is 23.6 Å². The molecular formula is C30H22FIrN2O2-. The summed E-state index contributed by atoms with van der Waals surface area (Å²) in [5, 5.41) is 22.8. The zero-order valence-corrected chi connectivity index (χ0v) is 22.3. The van der Waals surface area contributed by atoms with Gasteiger partial charge < -0.3 is 5.11 Å². The van der Waals surface area contributed by atoms with Crippen molar-refractivity contribution in [2.24, 2.45) is 0 Å². The van der Waals surface area contributed by atoms with Gasteiger partial charge in [0.05, 0.1) is 11.8 Å². The van der Waals surface area contributed by atoms with Crippen LogP contribution in [0.2, 0.25) is 0 Å². The minimum absolute atomic E-state index is 0. The molecule has 0 fully saturated rings. The summed E-state index contributed by atoms with van der Waals surface area (Å²) in [6, 6.07) is 24.3. The molecule has 4 aromatic carbocycles. The van der Waals surface area contributed by atoms with Crippen LogP contribution in [-0.4, -0.2) is 15.9 Å². The van der Waals surface area contributed by atoms with Crippen molar-refractivity contribution < 1.29 is 34.4 Å². The number of rotatable bonds is 2. The summed E-state index contributed by atoms with van der Waals surface area (Å²) < 4.78 is 15.0. The van der Waals surface area contributed by atoms with Crippen LogP contribution in [0, 0.1) is 30.1 Å². The van der Waals surface area contributed by atoms with E-state index in [2.05, 4.69) is 17.1 Å². The number of allylic oxidation sites excluding steroid dienone is 2. The van der Waals surface area contributed by atoms with Gasteiger partial charge in [-0.25, -0.2) is 4.39 Å². The van der Waals surface area contributed by atoms with Crippen LogP contribution in [0.15, 0.2) is 78.7 Å². The maximum atomic E-state index is 15.0. The number of pyridine rings is 1. The predicted octanol–water partition coefficient (Wildman–Crippen LogP) is 7.36. The van der Waals surface area contributed by atoms with Gasteiger partial charge in [0.25, 0.3) is 0 Å². The Bertz CT molecular complexity index is 1680. The maximum absolute atomic E-state index is 15.0. The molecule has 0 aliphatic carbocycles. The van der Waals surface area contributed by atoms with Crippen molar-refractivity contribution in [1.82, 2.24) is 4.98 Å². The molecule has 36 heavy (non-hydrogen) atoms. The molecule has 0 aliphatic rings. The van der Waals surface area contributed by atoms with Crippen molar-refractivity contribution in [2.75, 3.05) is 0 Å². The van der Waals surface area contributed by atoms with Crippen molar-refractivity contribution in [3.8, 4) is 17.3 Å².